The summed E-state index contributed by atoms with van der Waals surface area (Å²) in [4.78, 5) is 34.6. The fraction of sp³-hybridized carbons (Fsp3) is 0.667. The summed E-state index contributed by atoms with van der Waals surface area (Å²) in [6.45, 7) is 3.32. The van der Waals surface area contributed by atoms with Crippen molar-refractivity contribution in [2.45, 2.75) is 24.6 Å². The third-order valence-electron chi connectivity index (χ3n) is 1.28. The zero-order valence-electron chi connectivity index (χ0n) is 8.56. The summed E-state index contributed by atoms with van der Waals surface area (Å²) in [5.74, 6) is -1.02. The summed E-state index contributed by atoms with van der Waals surface area (Å²) < 4.78 is 8.78. The predicted molar refractivity (Wildman–Crippen MR) is 80.2 cm³/mol. The Kier molecular flexibility index (Phi) is 24.4. The van der Waals surface area contributed by atoms with Crippen LogP contribution in [-0.2, 0) is 9.36 Å². The van der Waals surface area contributed by atoms with Crippen LogP contribution in [0.1, 0.15) is 13.8 Å². The molecule has 0 bridgehead atoms. The van der Waals surface area contributed by atoms with Crippen molar-refractivity contribution in [3.63, 3.8) is 0 Å². The molecule has 6 N–H and O–H groups in total. The number of carbonyl (C=O) groups is 2. The van der Waals surface area contributed by atoms with E-state index in [1.54, 1.807) is 13.8 Å². The Morgan fingerprint density at radius 1 is 1.16 bits per heavy atom. The van der Waals surface area contributed by atoms with Crippen molar-refractivity contribution in [1.82, 2.24) is 0 Å². The number of carboxylic acid groups (broad SMARTS) is 2. The summed E-state index contributed by atoms with van der Waals surface area (Å²) in [5, 5.41) is 15.8. The summed E-state index contributed by atoms with van der Waals surface area (Å²) in [6, 6.07) is -0.902. The van der Waals surface area contributed by atoms with E-state index in [2.05, 4.69) is 12.6 Å². The van der Waals surface area contributed by atoms with Gasteiger partial charge in [-0.3, -0.25) is 4.79 Å². The summed E-state index contributed by atoms with van der Waals surface area (Å²) in [6.07, 6.45) is 0. The molecule has 102 valence electrons. The number of rotatable bonds is 3. The minimum atomic E-state index is -4.82. The maximum atomic E-state index is 10.2. The molecule has 0 saturated heterocycles. The number of hydrogen-bond donors (Lipinski definition) is 6. The third kappa shape index (κ3) is 20.4. The van der Waals surface area contributed by atoms with Crippen LogP contribution in [0.3, 0.4) is 0 Å². The Balaban J connectivity index is -0.0000000607. The second-order valence-electron chi connectivity index (χ2n) is 3.30. The van der Waals surface area contributed by atoms with Gasteiger partial charge in [-0.2, -0.15) is 12.6 Å². The molecule has 0 aromatic rings. The quantitative estimate of drug-likeness (QED) is 0.194. The molecule has 0 radical (unpaired) electrons. The molecule has 0 aliphatic heterocycles. The Morgan fingerprint density at radius 2 is 1.37 bits per heavy atom. The fourth-order valence-corrected chi connectivity index (χ4v) is 0.413. The van der Waals surface area contributed by atoms with E-state index in [-0.39, 0.29) is 88.7 Å². The van der Waals surface area contributed by atoms with Gasteiger partial charge >= 0.3 is 108 Å². The van der Waals surface area contributed by atoms with Gasteiger partial charge in [0, 0.05) is 4.75 Å². The molecule has 0 aromatic carbocycles. The molecule has 0 rings (SSSR count). The van der Waals surface area contributed by atoms with E-state index in [9.17, 15) is 14.2 Å². The van der Waals surface area contributed by atoms with E-state index in [4.69, 9.17) is 25.7 Å². The van der Waals surface area contributed by atoms with Crippen LogP contribution < -0.4 is 5.73 Å². The van der Waals surface area contributed by atoms with Gasteiger partial charge in [0.2, 0.25) is 0 Å². The van der Waals surface area contributed by atoms with Crippen molar-refractivity contribution in [2.75, 3.05) is 0 Å². The SMILES string of the molecule is CC(C)(S)[C@@H](N)C(=O)O.O=C(O)P(=O)(O)O.[NaH].[NaH].[NaH]. The van der Waals surface area contributed by atoms with Crippen LogP contribution >= 0.6 is 20.2 Å². The molecule has 1 atom stereocenters. The van der Waals surface area contributed by atoms with Crippen LogP contribution in [0.2, 0.25) is 0 Å². The molecule has 19 heavy (non-hydrogen) atoms. The van der Waals surface area contributed by atoms with Crippen molar-refractivity contribution in [3.05, 3.63) is 0 Å². The number of thiol groups is 1. The molecule has 0 amide bonds. The molecule has 13 heteroatoms. The first-order valence-electron chi connectivity index (χ1n) is 3.80. The maximum absolute atomic E-state index is 10.2. The van der Waals surface area contributed by atoms with Crippen LogP contribution in [0.15, 0.2) is 0 Å². The van der Waals surface area contributed by atoms with Crippen LogP contribution in [0.5, 0.6) is 0 Å². The van der Waals surface area contributed by atoms with E-state index in [0.29, 0.717) is 0 Å². The second-order valence-corrected chi connectivity index (χ2v) is 5.92. The van der Waals surface area contributed by atoms with E-state index < -0.39 is 30.1 Å². The predicted octanol–water partition coefficient (Wildman–Crippen LogP) is -2.00. The molecule has 0 aliphatic carbocycles. The van der Waals surface area contributed by atoms with Gasteiger partial charge in [-0.1, -0.05) is 0 Å². The van der Waals surface area contributed by atoms with Gasteiger partial charge in [0.05, 0.1) is 0 Å². The first-order valence-corrected chi connectivity index (χ1v) is 5.86. The van der Waals surface area contributed by atoms with Crippen molar-refractivity contribution >= 4 is 121 Å². The average Bonchev–Trinajstić information content (AvgIpc) is 2.00. The normalized spacial score (nSPS) is 11.3. The van der Waals surface area contributed by atoms with Gasteiger partial charge in [-0.05, 0) is 13.8 Å². The molecule has 0 aromatic heterocycles. The van der Waals surface area contributed by atoms with Crippen molar-refractivity contribution in [3.8, 4) is 0 Å². The van der Waals surface area contributed by atoms with E-state index in [1.165, 1.54) is 0 Å². The van der Waals surface area contributed by atoms with Gasteiger partial charge < -0.3 is 25.7 Å². The molecule has 0 unspecified atom stereocenters. The first kappa shape index (κ1) is 33.1. The Hall–Kier alpha value is 2.40. The Morgan fingerprint density at radius 3 is 1.37 bits per heavy atom. The second kappa shape index (κ2) is 14.0. The molecule has 0 heterocycles. The van der Waals surface area contributed by atoms with Crippen LogP contribution in [0.25, 0.3) is 0 Å². The number of hydrogen-bond acceptors (Lipinski definition) is 5. The van der Waals surface area contributed by atoms with Gasteiger partial charge in [-0.25, -0.2) is 9.36 Å². The molecule has 0 aliphatic rings. The molecule has 0 spiro atoms. The van der Waals surface area contributed by atoms with E-state index in [1.807, 2.05) is 0 Å². The van der Waals surface area contributed by atoms with E-state index in [0.717, 1.165) is 0 Å². The monoisotopic (exact) mass is 347 g/mol. The Labute approximate surface area is 182 Å². The third-order valence-corrected chi connectivity index (χ3v) is 2.05. The molecule has 0 saturated carbocycles. The van der Waals surface area contributed by atoms with Crippen LogP contribution in [-0.4, -0.2) is 131 Å². The first-order chi connectivity index (χ1) is 6.80. The molecule has 8 nitrogen and oxygen atoms in total. The van der Waals surface area contributed by atoms with Crippen molar-refractivity contribution in [2.24, 2.45) is 5.73 Å². The standard InChI is InChI=1S/C5H11NO2S.CH3O5P.3Na.3H/c1-5(2,9)3(6)4(7)8;2-1(3)7(4,5)6;;;;;;/h3,9H,6H2,1-2H3,(H,7,8);(H,2,3)(H2,4,5,6);;;;;;/t3-;;;;;;;/m0......./s1. The zero-order valence-corrected chi connectivity index (χ0v) is 10.4. The fourth-order valence-electron chi connectivity index (χ4n) is 0.302. The number of aliphatic carboxylic acids is 1. The Bertz CT molecular complexity index is 318. The van der Waals surface area contributed by atoms with Crippen molar-refractivity contribution < 1.29 is 34.2 Å². The van der Waals surface area contributed by atoms with Crippen LogP contribution in [0, 0.1) is 0 Å². The van der Waals surface area contributed by atoms with Gasteiger partial charge in [-0.15, -0.1) is 0 Å². The summed E-state index contributed by atoms with van der Waals surface area (Å²) >= 11 is 3.98. The summed E-state index contributed by atoms with van der Waals surface area (Å²) in [7, 11) is -4.82. The number of nitrogens with two attached hydrogens (primary N) is 1. The molecular formula is C6H17NNa3O7PS. The van der Waals surface area contributed by atoms with Crippen LogP contribution in [0.4, 0.5) is 4.79 Å². The van der Waals surface area contributed by atoms with E-state index >= 15 is 0 Å². The molecule has 0 fully saturated rings. The van der Waals surface area contributed by atoms with Crippen molar-refractivity contribution in [1.29, 1.82) is 0 Å². The minimum absolute atomic E-state index is 0. The average molecular weight is 347 g/mol. The topological polar surface area (TPSA) is 158 Å². The summed E-state index contributed by atoms with van der Waals surface area (Å²) in [5.41, 5.74) is 3.13. The van der Waals surface area contributed by atoms with Gasteiger partial charge in [0.1, 0.15) is 6.04 Å². The van der Waals surface area contributed by atoms with Gasteiger partial charge in [0.15, 0.2) is 0 Å². The number of carboxylic acids is 1. The molecular weight excluding hydrogens is 330 g/mol. The van der Waals surface area contributed by atoms with Gasteiger partial charge in [0.25, 0.3) is 0 Å². The zero-order chi connectivity index (χ0) is 13.7.